The van der Waals surface area contributed by atoms with Crippen LogP contribution in [0.4, 0.5) is 0 Å². The second-order valence-corrected chi connectivity index (χ2v) is 16.8. The van der Waals surface area contributed by atoms with Crippen LogP contribution in [0.25, 0.3) is 11.5 Å². The van der Waals surface area contributed by atoms with Crippen molar-refractivity contribution in [3.8, 4) is 11.5 Å². The molecule has 2 saturated carbocycles. The van der Waals surface area contributed by atoms with E-state index in [1.54, 1.807) is 6.92 Å². The lowest BCUT2D eigenvalue weighted by Gasteiger charge is -2.53. The largest absolute Gasteiger partial charge is 0.508 e. The van der Waals surface area contributed by atoms with Crippen LogP contribution in [0.3, 0.4) is 0 Å². The highest BCUT2D eigenvalue weighted by Crippen LogP contribution is 2.58. The van der Waals surface area contributed by atoms with E-state index in [2.05, 4.69) is 0 Å². The van der Waals surface area contributed by atoms with Gasteiger partial charge in [0.1, 0.15) is 45.7 Å². The number of phenolic OH excluding ortho intramolecular Hbond substituents is 2. The average molecular weight is 1030 g/mol. The van der Waals surface area contributed by atoms with Crippen LogP contribution in [0.15, 0.2) is 70.2 Å². The van der Waals surface area contributed by atoms with E-state index in [0.717, 1.165) is 21.9 Å². The Bertz CT molecular complexity index is 2750. The fraction of sp³-hybridized carbons (Fsp3) is 0.435. The number of amides is 2. The van der Waals surface area contributed by atoms with E-state index >= 15 is 0 Å². The Morgan fingerprint density at radius 3 is 1.21 bits per heavy atom. The minimum atomic E-state index is -3.28. The summed E-state index contributed by atoms with van der Waals surface area (Å²) in [4.78, 5) is 80.0. The van der Waals surface area contributed by atoms with Crippen LogP contribution in [0.1, 0.15) is 63.0 Å². The molecule has 0 aromatic heterocycles. The molecule has 6 aliphatic carbocycles. The lowest BCUT2D eigenvalue weighted by molar-refractivity contribution is -0.170. The SMILES string of the molecule is CCO.Cl.Cl.O.[2H]C[C@@]1([2H])c2cccc(O)c2C(O)=C2C(=O)[C@]3(O)C(O)=C(C(N)=O)C(=O)[C@@]([2H])(N(C)C)[C@@H]3C(O)[C@@H]21.[2H]C[C@@]1([2H])c2cccc(O)c2C(O)=C2C(=O)[C@]3(O)C(O)=C(C(N)=O)C(=O)[C@@]([2H])(N(C)C)[C@@H]3C(O)[C@@H]21. The molecule has 384 valence electrons. The second-order valence-electron chi connectivity index (χ2n) is 16.8. The maximum Gasteiger partial charge on any atom is 0.255 e. The summed E-state index contributed by atoms with van der Waals surface area (Å²) in [7, 11) is 4.83. The maximum absolute atomic E-state index is 13.8. The van der Waals surface area contributed by atoms with Gasteiger partial charge in [-0.25, -0.2) is 0 Å². The zero-order valence-corrected chi connectivity index (χ0v) is 39.4. The van der Waals surface area contributed by atoms with Crippen molar-refractivity contribution < 1.29 is 98.6 Å². The van der Waals surface area contributed by atoms with Crippen molar-refractivity contribution in [1.29, 1.82) is 0 Å². The molecule has 6 aliphatic rings. The van der Waals surface area contributed by atoms with Crippen LogP contribution in [-0.4, -0.2) is 177 Å². The number of aliphatic hydroxyl groups is 9. The molecule has 70 heavy (non-hydrogen) atoms. The first-order valence-electron chi connectivity index (χ1n) is 23.6. The molecular formula is C46H58Cl2N4O18. The van der Waals surface area contributed by atoms with Crippen molar-refractivity contribution in [3.63, 3.8) is 0 Å². The average Bonchev–Trinajstić information content (AvgIpc) is 3.31. The molecule has 2 fully saturated rings. The number of nitrogens with zero attached hydrogens (tertiary/aromatic N) is 2. The van der Waals surface area contributed by atoms with E-state index in [4.69, 9.17) is 24.8 Å². The summed E-state index contributed by atoms with van der Waals surface area (Å²) in [6.45, 7) is 0.339. The van der Waals surface area contributed by atoms with E-state index in [9.17, 15) is 79.8 Å². The summed E-state index contributed by atoms with van der Waals surface area (Å²) in [6.07, 6.45) is -4.29. The number of hydrogen-bond acceptors (Lipinski definition) is 19. The fourth-order valence-corrected chi connectivity index (χ4v) is 9.97. The van der Waals surface area contributed by atoms with Crippen molar-refractivity contribution in [2.24, 2.45) is 35.1 Å². The number of Topliss-reactive ketones (excluding diaryl/α,β-unsaturated/α-hetero) is 4. The molecule has 0 radical (unpaired) electrons. The minimum absolute atomic E-state index is 0. The lowest BCUT2D eigenvalue weighted by atomic mass is 9.54. The number of hydrogen-bond donors (Lipinski definition) is 13. The molecular weight excluding hydrogens is 967 g/mol. The van der Waals surface area contributed by atoms with Crippen molar-refractivity contribution in [1.82, 2.24) is 9.80 Å². The molecule has 0 bridgehead atoms. The topological polar surface area (TPSA) is 415 Å². The molecule has 24 heteroatoms. The predicted octanol–water partition coefficient (Wildman–Crippen LogP) is -0.991. The van der Waals surface area contributed by atoms with Gasteiger partial charge in [0.05, 0.1) is 49.9 Å². The van der Waals surface area contributed by atoms with E-state index in [-0.39, 0.29) is 59.2 Å². The number of halogens is 2. The highest BCUT2D eigenvalue weighted by atomic mass is 35.5. The molecule has 0 heterocycles. The van der Waals surface area contributed by atoms with E-state index < -0.39 is 176 Å². The van der Waals surface area contributed by atoms with Crippen LogP contribution in [0.5, 0.6) is 11.5 Å². The van der Waals surface area contributed by atoms with E-state index in [1.807, 2.05) is 0 Å². The van der Waals surface area contributed by atoms with Gasteiger partial charge in [0, 0.05) is 35.1 Å². The zero-order chi connectivity index (χ0) is 55.5. The zero-order valence-electron chi connectivity index (χ0n) is 43.8. The number of aliphatic hydroxyl groups excluding tert-OH is 7. The molecule has 2 aromatic carbocycles. The number of rotatable bonds is 4. The minimum Gasteiger partial charge on any atom is -0.508 e. The van der Waals surface area contributed by atoms with Gasteiger partial charge in [0.25, 0.3) is 11.8 Å². The third kappa shape index (κ3) is 8.01. The first-order valence-corrected chi connectivity index (χ1v) is 20.2. The van der Waals surface area contributed by atoms with Gasteiger partial charge in [-0.15, -0.1) is 24.8 Å². The Morgan fingerprint density at radius 2 is 0.957 bits per heavy atom. The molecule has 22 nitrogen and oxygen atoms in total. The summed E-state index contributed by atoms with van der Waals surface area (Å²) in [6, 6.07) is 2.16. The Morgan fingerprint density at radius 1 is 0.657 bits per heavy atom. The number of likely N-dealkylation sites (N-methyl/N-ethyl adjacent to an activating group) is 2. The first kappa shape index (κ1) is 49.1. The number of aromatic hydroxyl groups is 2. The van der Waals surface area contributed by atoms with E-state index in [1.165, 1.54) is 52.5 Å². The third-order valence-electron chi connectivity index (χ3n) is 12.7. The molecule has 0 spiro atoms. The van der Waals surface area contributed by atoms with Gasteiger partial charge in [-0.3, -0.25) is 38.6 Å². The monoisotopic (exact) mass is 1030 g/mol. The van der Waals surface area contributed by atoms with Crippen LogP contribution >= 0.6 is 24.8 Å². The van der Waals surface area contributed by atoms with Gasteiger partial charge in [-0.05, 0) is 70.2 Å². The molecule has 2 amide bonds. The number of fused-ring (bicyclic) bond motifs is 6. The van der Waals surface area contributed by atoms with Gasteiger partial charge in [0.2, 0.25) is 11.6 Å². The predicted molar refractivity (Wildman–Crippen MR) is 252 cm³/mol. The van der Waals surface area contributed by atoms with Gasteiger partial charge in [0.15, 0.2) is 22.8 Å². The molecule has 8 rings (SSSR count). The highest BCUT2D eigenvalue weighted by Gasteiger charge is 2.70. The highest BCUT2D eigenvalue weighted by molar-refractivity contribution is 6.26. The molecule has 2 unspecified atom stereocenters. The number of nitrogens with two attached hydrogens (primary N) is 2. The number of ketones is 4. The Labute approximate surface area is 420 Å². The molecule has 12 atom stereocenters. The number of primary amides is 2. The number of phenols is 2. The molecule has 17 N–H and O–H groups in total. The number of carbonyl (C=O) groups is 6. The number of benzene rings is 2. The number of carbonyl (C=O) groups excluding carboxylic acids is 6. The van der Waals surface area contributed by atoms with Crippen LogP contribution in [0.2, 0.25) is 0 Å². The Hall–Kier alpha value is -5.92. The van der Waals surface area contributed by atoms with E-state index in [0.29, 0.717) is 0 Å². The lowest BCUT2D eigenvalue weighted by Crippen LogP contribution is -2.70. The quantitative estimate of drug-likeness (QED) is 0.164. The summed E-state index contributed by atoms with van der Waals surface area (Å²) in [5, 5.41) is 118. The van der Waals surface area contributed by atoms with Crippen molar-refractivity contribution in [2.75, 3.05) is 34.8 Å². The standard InChI is InChI=1S/2C22H24N2O8.C2H6O.2ClH.H2O/c2*1-7-8-5-4-6-9(25)11(8)16(26)12-10(7)17(27)14-15(24(2)3)18(28)13(21(23)31)20(30)22(14,32)19(12)29;1-2-3;;;/h2*4-7,10,14-15,17,25-27,30,32H,1-3H3,(H2,23,31);3H,2H2,1H3;2*1H;1H2/t2*7-,10+,14+,15-,17?,22-;;;;/m00..../s1/i2*1D,7D,15D;;;;. The Kier molecular flexibility index (Phi) is 14.3. The van der Waals surface area contributed by atoms with Gasteiger partial charge >= 0.3 is 0 Å². The van der Waals surface area contributed by atoms with Gasteiger partial charge in [-0.2, -0.15) is 0 Å². The van der Waals surface area contributed by atoms with Crippen LogP contribution in [0, 0.1) is 23.7 Å². The Balaban J connectivity index is 0.000000367. The van der Waals surface area contributed by atoms with Crippen molar-refractivity contribution in [2.45, 2.75) is 68.0 Å². The summed E-state index contributed by atoms with van der Waals surface area (Å²) in [5.41, 5.74) is -1.10. The first-order chi connectivity index (χ1) is 33.7. The van der Waals surface area contributed by atoms with Crippen LogP contribution in [-0.2, 0) is 28.8 Å². The van der Waals surface area contributed by atoms with Gasteiger partial charge in [-0.1, -0.05) is 38.1 Å². The van der Waals surface area contributed by atoms with Crippen LogP contribution < -0.4 is 11.5 Å². The maximum atomic E-state index is 13.8. The summed E-state index contributed by atoms with van der Waals surface area (Å²) in [5.74, 6) is -27.0. The molecule has 2 aromatic rings. The fourth-order valence-electron chi connectivity index (χ4n) is 9.97. The summed E-state index contributed by atoms with van der Waals surface area (Å²) < 4.78 is 52.1. The normalized spacial score (nSPS) is 37.1. The second kappa shape index (κ2) is 20.4. The smallest absolute Gasteiger partial charge is 0.255 e. The third-order valence-corrected chi connectivity index (χ3v) is 12.7. The molecule has 0 aliphatic heterocycles. The summed E-state index contributed by atoms with van der Waals surface area (Å²) >= 11 is 0. The van der Waals surface area contributed by atoms with Crippen molar-refractivity contribution in [3.05, 3.63) is 92.5 Å². The molecule has 0 saturated heterocycles. The van der Waals surface area contributed by atoms with Gasteiger partial charge < -0.3 is 73.1 Å². The van der Waals surface area contributed by atoms with Crippen molar-refractivity contribution >= 4 is 71.3 Å².